The van der Waals surface area contributed by atoms with Crippen molar-refractivity contribution < 1.29 is 24.3 Å². The molecule has 0 aliphatic carbocycles. The third-order valence-electron chi connectivity index (χ3n) is 4.39. The lowest BCUT2D eigenvalue weighted by atomic mass is 9.79. The maximum absolute atomic E-state index is 12.9. The number of rotatable bonds is 6. The Balaban J connectivity index is 2.67. The molecular weight excluding hydrogens is 364 g/mol. The van der Waals surface area contributed by atoms with Gasteiger partial charge in [-0.3, -0.25) is 5.21 Å². The molecule has 0 saturated heterocycles. The molecule has 0 bridgehead atoms. The molecule has 8 heteroatoms. The molecule has 0 saturated carbocycles. The largest absolute Gasteiger partial charge is 0.733 e. The number of nitrogens with one attached hydrogen (secondary N) is 1. The van der Waals surface area contributed by atoms with Crippen LogP contribution in [0.2, 0.25) is 0 Å². The monoisotopic (exact) mass is 389 g/mol. The Kier molecular flexibility index (Phi) is 6.82. The van der Waals surface area contributed by atoms with Crippen molar-refractivity contribution in [1.29, 1.82) is 0 Å². The Morgan fingerprint density at radius 1 is 1.18 bits per heavy atom. The first kappa shape index (κ1) is 21.5. The highest BCUT2D eigenvalue weighted by Gasteiger charge is 2.39. The molecule has 1 aromatic carbocycles. The van der Waals surface area contributed by atoms with Gasteiger partial charge in [-0.1, -0.05) is 32.0 Å². The average molecular weight is 389 g/mol. The number of benzene rings is 1. The SMILES string of the molecule is COC(=O)C1=C(C)NC(C)=C(C(=O)OCC(C)C)[C@H]1c1ccccc1N([O-])O. The molecule has 1 aliphatic rings. The van der Waals surface area contributed by atoms with Crippen LogP contribution in [0.15, 0.2) is 46.8 Å². The van der Waals surface area contributed by atoms with Crippen molar-refractivity contribution in [3.63, 3.8) is 0 Å². The third-order valence-corrected chi connectivity index (χ3v) is 4.39. The number of hydrogen-bond donors (Lipinski definition) is 2. The van der Waals surface area contributed by atoms with E-state index in [9.17, 15) is 20.0 Å². The van der Waals surface area contributed by atoms with Gasteiger partial charge in [0.1, 0.15) is 0 Å². The lowest BCUT2D eigenvalue weighted by Crippen LogP contribution is -2.33. The lowest BCUT2D eigenvalue weighted by molar-refractivity contribution is -0.140. The predicted octanol–water partition coefficient (Wildman–Crippen LogP) is 2.99. The molecule has 0 aromatic heterocycles. The van der Waals surface area contributed by atoms with Crippen LogP contribution in [-0.2, 0) is 19.1 Å². The van der Waals surface area contributed by atoms with Gasteiger partial charge in [0.15, 0.2) is 0 Å². The van der Waals surface area contributed by atoms with Crippen molar-refractivity contribution in [1.82, 2.24) is 5.32 Å². The minimum atomic E-state index is -0.937. The maximum atomic E-state index is 12.9. The molecule has 28 heavy (non-hydrogen) atoms. The highest BCUT2D eigenvalue weighted by atomic mass is 16.8. The number of para-hydroxylation sites is 1. The normalized spacial score (nSPS) is 16.8. The average Bonchev–Trinajstić information content (AvgIpc) is 2.64. The summed E-state index contributed by atoms with van der Waals surface area (Å²) in [5.41, 5.74) is 1.54. The van der Waals surface area contributed by atoms with Gasteiger partial charge in [0.25, 0.3) is 0 Å². The van der Waals surface area contributed by atoms with Crippen LogP contribution in [0.5, 0.6) is 0 Å². The zero-order valence-electron chi connectivity index (χ0n) is 16.6. The number of ether oxygens (including phenoxy) is 2. The molecule has 8 nitrogen and oxygen atoms in total. The summed E-state index contributed by atoms with van der Waals surface area (Å²) in [5, 5.41) is 24.0. The second-order valence-electron chi connectivity index (χ2n) is 6.95. The molecular formula is C20H25N2O6-. The number of dihydropyridines is 1. The quantitative estimate of drug-likeness (QED) is 0.564. The van der Waals surface area contributed by atoms with Crippen molar-refractivity contribution >= 4 is 17.6 Å². The van der Waals surface area contributed by atoms with E-state index in [-0.39, 0.29) is 40.1 Å². The van der Waals surface area contributed by atoms with Crippen LogP contribution in [-0.4, -0.2) is 30.9 Å². The minimum absolute atomic E-state index is 0.0782. The molecule has 0 fully saturated rings. The maximum Gasteiger partial charge on any atom is 0.336 e. The Labute approximate surface area is 164 Å². The van der Waals surface area contributed by atoms with Crippen LogP contribution < -0.4 is 10.5 Å². The summed E-state index contributed by atoms with van der Waals surface area (Å²) in [6, 6.07) is 6.20. The molecule has 1 heterocycles. The smallest absolute Gasteiger partial charge is 0.336 e. The van der Waals surface area contributed by atoms with Gasteiger partial charge < -0.3 is 25.2 Å². The fraction of sp³-hybridized carbons (Fsp3) is 0.400. The lowest BCUT2D eigenvalue weighted by Gasteiger charge is -2.33. The fourth-order valence-electron chi connectivity index (χ4n) is 3.18. The molecule has 2 N–H and O–H groups in total. The first-order chi connectivity index (χ1) is 13.2. The van der Waals surface area contributed by atoms with Gasteiger partial charge >= 0.3 is 11.9 Å². The molecule has 0 radical (unpaired) electrons. The first-order valence-electron chi connectivity index (χ1n) is 8.88. The summed E-state index contributed by atoms with van der Waals surface area (Å²) < 4.78 is 10.3. The van der Waals surface area contributed by atoms with Crippen molar-refractivity contribution in [2.24, 2.45) is 5.92 Å². The summed E-state index contributed by atoms with van der Waals surface area (Å²) in [4.78, 5) is 25.4. The van der Waals surface area contributed by atoms with E-state index in [1.165, 1.54) is 13.2 Å². The van der Waals surface area contributed by atoms with E-state index in [1.54, 1.807) is 32.0 Å². The third kappa shape index (κ3) is 4.35. The molecule has 1 aromatic rings. The van der Waals surface area contributed by atoms with Gasteiger partial charge in [-0.2, -0.15) is 0 Å². The summed E-state index contributed by atoms with van der Waals surface area (Å²) in [5.74, 6) is -2.07. The fourth-order valence-corrected chi connectivity index (χ4v) is 3.18. The van der Waals surface area contributed by atoms with Crippen molar-refractivity contribution in [3.05, 3.63) is 57.6 Å². The summed E-state index contributed by atoms with van der Waals surface area (Å²) in [6.45, 7) is 7.38. The van der Waals surface area contributed by atoms with E-state index in [4.69, 9.17) is 9.47 Å². The van der Waals surface area contributed by atoms with Crippen LogP contribution in [0, 0.1) is 11.1 Å². The van der Waals surface area contributed by atoms with Crippen molar-refractivity contribution in [2.45, 2.75) is 33.6 Å². The van der Waals surface area contributed by atoms with E-state index < -0.39 is 17.9 Å². The highest BCUT2D eigenvalue weighted by molar-refractivity contribution is 6.00. The molecule has 0 unspecified atom stereocenters. The molecule has 152 valence electrons. The van der Waals surface area contributed by atoms with Crippen LogP contribution >= 0.6 is 0 Å². The zero-order chi connectivity index (χ0) is 21.0. The number of nitrogens with zero attached hydrogens (tertiary/aromatic N) is 1. The van der Waals surface area contributed by atoms with E-state index in [1.807, 2.05) is 13.8 Å². The number of hydrogen-bond acceptors (Lipinski definition) is 8. The van der Waals surface area contributed by atoms with E-state index in [2.05, 4.69) is 5.32 Å². The summed E-state index contributed by atoms with van der Waals surface area (Å²) in [6.07, 6.45) is 0. The second-order valence-corrected chi connectivity index (χ2v) is 6.95. The number of carbonyl (C=O) groups excluding carboxylic acids is 2. The van der Waals surface area contributed by atoms with Gasteiger partial charge in [-0.15, -0.1) is 0 Å². The van der Waals surface area contributed by atoms with E-state index in [0.29, 0.717) is 11.4 Å². The first-order valence-corrected chi connectivity index (χ1v) is 8.88. The zero-order valence-corrected chi connectivity index (χ0v) is 16.6. The van der Waals surface area contributed by atoms with Crippen LogP contribution in [0.3, 0.4) is 0 Å². The number of methoxy groups -OCH3 is 1. The van der Waals surface area contributed by atoms with E-state index in [0.717, 1.165) is 0 Å². The topological polar surface area (TPSA) is 111 Å². The van der Waals surface area contributed by atoms with Gasteiger partial charge in [0.05, 0.1) is 36.5 Å². The summed E-state index contributed by atoms with van der Waals surface area (Å²) in [7, 11) is 1.24. The van der Waals surface area contributed by atoms with Crippen LogP contribution in [0.25, 0.3) is 0 Å². The number of esters is 2. The molecule has 0 amide bonds. The Hall–Kier alpha value is -2.84. The minimum Gasteiger partial charge on any atom is -0.733 e. The van der Waals surface area contributed by atoms with Crippen LogP contribution in [0.4, 0.5) is 5.69 Å². The molecule has 1 atom stereocenters. The number of allylic oxidation sites excluding steroid dienone is 2. The molecule has 0 spiro atoms. The molecule has 1 aliphatic heterocycles. The van der Waals surface area contributed by atoms with Gasteiger partial charge in [-0.05, 0) is 31.4 Å². The highest BCUT2D eigenvalue weighted by Crippen LogP contribution is 2.42. The molecule has 2 rings (SSSR count). The Morgan fingerprint density at radius 3 is 2.29 bits per heavy atom. The Morgan fingerprint density at radius 2 is 1.75 bits per heavy atom. The van der Waals surface area contributed by atoms with Crippen molar-refractivity contribution in [2.75, 3.05) is 18.9 Å². The second kappa shape index (κ2) is 8.90. The van der Waals surface area contributed by atoms with E-state index >= 15 is 0 Å². The Bertz CT molecular complexity index is 826. The predicted molar refractivity (Wildman–Crippen MR) is 103 cm³/mol. The van der Waals surface area contributed by atoms with Crippen LogP contribution in [0.1, 0.15) is 39.2 Å². The standard InChI is InChI=1S/C20H25N2O6/c1-11(2)10-28-20(24)17-13(4)21-12(3)16(19(23)27-5)18(17)14-8-6-7-9-15(14)22(25)26/h6-9,11,18,21,25H,10H2,1-5H3/q-1/t18-/m0/s1. The summed E-state index contributed by atoms with van der Waals surface area (Å²) >= 11 is 0. The van der Waals surface area contributed by atoms with Crippen molar-refractivity contribution in [3.8, 4) is 0 Å². The number of anilines is 1. The van der Waals surface area contributed by atoms with Gasteiger partial charge in [0.2, 0.25) is 0 Å². The number of carbonyl (C=O) groups is 2. The van der Waals surface area contributed by atoms with Gasteiger partial charge in [-0.25, -0.2) is 9.59 Å². The van der Waals surface area contributed by atoms with Gasteiger partial charge in [0, 0.05) is 11.4 Å².